The number of aliphatic hydroxyl groups is 1. The number of H-pyrrole nitrogens is 1. The molecule has 0 bridgehead atoms. The minimum atomic E-state index is -0.510. The Morgan fingerprint density at radius 2 is 2.29 bits per heavy atom. The van der Waals surface area contributed by atoms with Gasteiger partial charge in [0.25, 0.3) is 5.91 Å². The molecule has 21 heavy (non-hydrogen) atoms. The number of aryl methyl sites for hydroxylation is 1. The standard InChI is InChI=1S/C15H21N3O2S/c1-9(2)4-12(19)7-17-15(20)13-5-11(6-16-13)14-8-21-10(3)18-14/h5-6,8-9,12,16,19H,4,7H2,1-3H3,(H,17,20). The molecule has 2 heterocycles. The van der Waals surface area contributed by atoms with Gasteiger partial charge >= 0.3 is 0 Å². The SMILES string of the molecule is Cc1nc(-c2c[nH]c(C(=O)NCC(O)CC(C)C)c2)cs1. The van der Waals surface area contributed by atoms with Crippen LogP contribution in [0.25, 0.3) is 11.3 Å². The maximum Gasteiger partial charge on any atom is 0.267 e. The molecule has 3 N–H and O–H groups in total. The van der Waals surface area contributed by atoms with Gasteiger partial charge in [-0.25, -0.2) is 4.98 Å². The summed E-state index contributed by atoms with van der Waals surface area (Å²) in [4.78, 5) is 19.3. The highest BCUT2D eigenvalue weighted by molar-refractivity contribution is 7.09. The van der Waals surface area contributed by atoms with Gasteiger partial charge in [-0.2, -0.15) is 0 Å². The number of aromatic amines is 1. The van der Waals surface area contributed by atoms with Crippen molar-refractivity contribution < 1.29 is 9.90 Å². The number of carbonyl (C=O) groups excluding carboxylic acids is 1. The van der Waals surface area contributed by atoms with Crippen LogP contribution in [-0.4, -0.2) is 33.6 Å². The number of aliphatic hydroxyl groups excluding tert-OH is 1. The molecule has 1 amide bonds. The molecule has 0 fully saturated rings. The molecule has 0 aromatic carbocycles. The molecule has 0 spiro atoms. The van der Waals surface area contributed by atoms with Gasteiger partial charge in [-0.3, -0.25) is 4.79 Å². The first kappa shape index (κ1) is 15.7. The Morgan fingerprint density at radius 1 is 1.52 bits per heavy atom. The fraction of sp³-hybridized carbons (Fsp3) is 0.467. The van der Waals surface area contributed by atoms with Gasteiger partial charge in [0.15, 0.2) is 0 Å². The van der Waals surface area contributed by atoms with Crippen LogP contribution in [0, 0.1) is 12.8 Å². The summed E-state index contributed by atoms with van der Waals surface area (Å²) in [5.74, 6) is 0.193. The minimum absolute atomic E-state index is 0.212. The molecule has 0 radical (unpaired) electrons. The Balaban J connectivity index is 1.93. The molecule has 6 heteroatoms. The van der Waals surface area contributed by atoms with E-state index in [-0.39, 0.29) is 12.5 Å². The Labute approximate surface area is 128 Å². The van der Waals surface area contributed by atoms with Gasteiger partial charge in [-0.1, -0.05) is 13.8 Å². The number of rotatable bonds is 6. The molecule has 2 aromatic rings. The number of hydrogen-bond donors (Lipinski definition) is 3. The van der Waals surface area contributed by atoms with E-state index >= 15 is 0 Å². The lowest BCUT2D eigenvalue weighted by atomic mass is 10.1. The van der Waals surface area contributed by atoms with E-state index in [0.717, 1.165) is 16.3 Å². The van der Waals surface area contributed by atoms with Crippen molar-refractivity contribution in [3.63, 3.8) is 0 Å². The highest BCUT2D eigenvalue weighted by atomic mass is 32.1. The normalized spacial score (nSPS) is 12.6. The van der Waals surface area contributed by atoms with E-state index in [1.807, 2.05) is 26.2 Å². The molecule has 114 valence electrons. The second-order valence-corrected chi connectivity index (χ2v) is 6.61. The van der Waals surface area contributed by atoms with E-state index in [2.05, 4.69) is 15.3 Å². The minimum Gasteiger partial charge on any atom is -0.391 e. The lowest BCUT2D eigenvalue weighted by Gasteiger charge is -2.13. The fourth-order valence-corrected chi connectivity index (χ4v) is 2.72. The van der Waals surface area contributed by atoms with Crippen LogP contribution in [0.5, 0.6) is 0 Å². The zero-order valence-electron chi connectivity index (χ0n) is 12.5. The van der Waals surface area contributed by atoms with Crippen molar-refractivity contribution >= 4 is 17.2 Å². The average molecular weight is 307 g/mol. The summed E-state index contributed by atoms with van der Waals surface area (Å²) >= 11 is 1.58. The summed E-state index contributed by atoms with van der Waals surface area (Å²) in [6.45, 7) is 6.29. The summed E-state index contributed by atoms with van der Waals surface area (Å²) in [7, 11) is 0. The molecule has 0 aliphatic carbocycles. The van der Waals surface area contributed by atoms with E-state index in [1.54, 1.807) is 23.6 Å². The first-order chi connectivity index (χ1) is 9.95. The van der Waals surface area contributed by atoms with Crippen molar-refractivity contribution in [2.24, 2.45) is 5.92 Å². The molecule has 0 saturated heterocycles. The highest BCUT2D eigenvalue weighted by Crippen LogP contribution is 2.22. The first-order valence-corrected chi connectivity index (χ1v) is 7.91. The number of thiazole rings is 1. The van der Waals surface area contributed by atoms with Gasteiger partial charge in [-0.05, 0) is 25.3 Å². The zero-order valence-corrected chi connectivity index (χ0v) is 13.3. The van der Waals surface area contributed by atoms with Gasteiger partial charge in [0, 0.05) is 23.7 Å². The number of aromatic nitrogens is 2. The molecule has 2 rings (SSSR count). The lowest BCUT2D eigenvalue weighted by Crippen LogP contribution is -2.32. The largest absolute Gasteiger partial charge is 0.391 e. The van der Waals surface area contributed by atoms with Crippen molar-refractivity contribution in [2.75, 3.05) is 6.54 Å². The van der Waals surface area contributed by atoms with Crippen LogP contribution in [0.3, 0.4) is 0 Å². The van der Waals surface area contributed by atoms with Crippen molar-refractivity contribution in [2.45, 2.75) is 33.3 Å². The average Bonchev–Trinajstić information content (AvgIpc) is 3.03. The smallest absolute Gasteiger partial charge is 0.267 e. The second-order valence-electron chi connectivity index (χ2n) is 5.55. The van der Waals surface area contributed by atoms with Crippen LogP contribution in [0.2, 0.25) is 0 Å². The molecule has 1 unspecified atom stereocenters. The third kappa shape index (κ3) is 4.41. The van der Waals surface area contributed by atoms with Crippen molar-refractivity contribution in [3.8, 4) is 11.3 Å². The van der Waals surface area contributed by atoms with Gasteiger partial charge in [0.2, 0.25) is 0 Å². The molecule has 2 aromatic heterocycles. The van der Waals surface area contributed by atoms with Crippen LogP contribution in [0.15, 0.2) is 17.6 Å². The summed E-state index contributed by atoms with van der Waals surface area (Å²) in [5, 5.41) is 15.5. The molecule has 1 atom stereocenters. The number of hydrogen-bond acceptors (Lipinski definition) is 4. The molecular formula is C15H21N3O2S. The zero-order chi connectivity index (χ0) is 15.4. The summed E-state index contributed by atoms with van der Waals surface area (Å²) in [6.07, 6.45) is 1.94. The maximum atomic E-state index is 12.0. The number of nitrogens with zero attached hydrogens (tertiary/aromatic N) is 1. The summed E-state index contributed by atoms with van der Waals surface area (Å²) in [5.41, 5.74) is 2.24. The highest BCUT2D eigenvalue weighted by Gasteiger charge is 2.13. The maximum absolute atomic E-state index is 12.0. The summed E-state index contributed by atoms with van der Waals surface area (Å²) < 4.78 is 0. The van der Waals surface area contributed by atoms with E-state index < -0.39 is 6.10 Å². The van der Waals surface area contributed by atoms with Crippen LogP contribution in [0.1, 0.15) is 35.8 Å². The van der Waals surface area contributed by atoms with E-state index in [0.29, 0.717) is 18.0 Å². The fourth-order valence-electron chi connectivity index (χ4n) is 2.10. The van der Waals surface area contributed by atoms with Crippen LogP contribution in [-0.2, 0) is 0 Å². The number of carbonyl (C=O) groups is 1. The Morgan fingerprint density at radius 3 is 2.90 bits per heavy atom. The van der Waals surface area contributed by atoms with Crippen LogP contribution in [0.4, 0.5) is 0 Å². The molecule has 0 aliphatic rings. The van der Waals surface area contributed by atoms with Crippen LogP contribution < -0.4 is 5.32 Å². The predicted octanol–water partition coefficient (Wildman–Crippen LogP) is 2.58. The van der Waals surface area contributed by atoms with Gasteiger partial charge in [0.1, 0.15) is 5.69 Å². The quantitative estimate of drug-likeness (QED) is 0.767. The third-order valence-electron chi connectivity index (χ3n) is 3.08. The van der Waals surface area contributed by atoms with E-state index in [1.165, 1.54) is 0 Å². The monoisotopic (exact) mass is 307 g/mol. The number of amides is 1. The third-order valence-corrected chi connectivity index (χ3v) is 3.86. The lowest BCUT2D eigenvalue weighted by molar-refractivity contribution is 0.0896. The Hall–Kier alpha value is -1.66. The molecule has 0 saturated carbocycles. The van der Waals surface area contributed by atoms with Gasteiger partial charge < -0.3 is 15.4 Å². The predicted molar refractivity (Wildman–Crippen MR) is 84.4 cm³/mol. The molecular weight excluding hydrogens is 286 g/mol. The van der Waals surface area contributed by atoms with Crippen molar-refractivity contribution in [1.82, 2.24) is 15.3 Å². The van der Waals surface area contributed by atoms with Gasteiger partial charge in [-0.15, -0.1) is 11.3 Å². The van der Waals surface area contributed by atoms with Crippen LogP contribution >= 0.6 is 11.3 Å². The molecule has 0 aliphatic heterocycles. The van der Waals surface area contributed by atoms with Crippen molar-refractivity contribution in [1.29, 1.82) is 0 Å². The molecule has 5 nitrogen and oxygen atoms in total. The Kier molecular flexibility index (Phi) is 5.14. The van der Waals surface area contributed by atoms with E-state index in [4.69, 9.17) is 0 Å². The first-order valence-electron chi connectivity index (χ1n) is 7.03. The second kappa shape index (κ2) is 6.87. The van der Waals surface area contributed by atoms with E-state index in [9.17, 15) is 9.90 Å². The Bertz CT molecular complexity index is 604. The topological polar surface area (TPSA) is 78.0 Å². The van der Waals surface area contributed by atoms with Crippen molar-refractivity contribution in [3.05, 3.63) is 28.3 Å². The van der Waals surface area contributed by atoms with Gasteiger partial charge in [0.05, 0.1) is 16.8 Å². The number of nitrogens with one attached hydrogen (secondary N) is 2. The summed E-state index contributed by atoms with van der Waals surface area (Å²) in [6, 6.07) is 1.78.